The Morgan fingerprint density at radius 2 is 2.29 bits per heavy atom. The lowest BCUT2D eigenvalue weighted by Gasteiger charge is -2.22. The van der Waals surface area contributed by atoms with Gasteiger partial charge in [0.15, 0.2) is 0 Å². The Balaban J connectivity index is 2.70. The summed E-state index contributed by atoms with van der Waals surface area (Å²) in [6.45, 7) is 3.49. The maximum absolute atomic E-state index is 10.8. The minimum Gasteiger partial charge on any atom is -0.480 e. The van der Waals surface area contributed by atoms with Gasteiger partial charge in [-0.05, 0) is 25.1 Å². The van der Waals surface area contributed by atoms with Crippen molar-refractivity contribution in [3.05, 3.63) is 29.3 Å². The first-order valence-electron chi connectivity index (χ1n) is 5.43. The lowest BCUT2D eigenvalue weighted by molar-refractivity contribution is -0.135. The number of carboxylic acids is 1. The average molecular weight is 258 g/mol. The molecule has 0 atom stereocenters. The van der Waals surface area contributed by atoms with Crippen LogP contribution in [0.3, 0.4) is 0 Å². The van der Waals surface area contributed by atoms with Crippen LogP contribution >= 0.6 is 11.6 Å². The molecule has 0 amide bonds. The molecule has 1 N–H and O–H groups in total. The molecular formula is C12H16ClNO3. The van der Waals surface area contributed by atoms with E-state index in [-0.39, 0.29) is 6.54 Å². The number of aliphatic carboxylic acids is 1. The van der Waals surface area contributed by atoms with Crippen molar-refractivity contribution >= 4 is 23.3 Å². The van der Waals surface area contributed by atoms with E-state index in [0.29, 0.717) is 24.8 Å². The van der Waals surface area contributed by atoms with Crippen molar-refractivity contribution < 1.29 is 14.6 Å². The van der Waals surface area contributed by atoms with Gasteiger partial charge >= 0.3 is 5.97 Å². The molecule has 0 aliphatic rings. The molecule has 1 rings (SSSR count). The zero-order chi connectivity index (χ0) is 12.7. The third kappa shape index (κ3) is 5.06. The summed E-state index contributed by atoms with van der Waals surface area (Å²) in [5, 5.41) is 9.45. The molecule has 4 nitrogen and oxygen atoms in total. The molecule has 0 aliphatic carbocycles. The smallest absolute Gasteiger partial charge is 0.323 e. The number of benzene rings is 1. The standard InChI is InChI=1S/C12H16ClNO3/c1-2-17-7-6-14(9-12(15)16)11-5-3-4-10(13)8-11/h3-5,8H,2,6-7,9H2,1H3,(H,15,16). The third-order valence-electron chi connectivity index (χ3n) is 2.21. The number of halogens is 1. The van der Waals surface area contributed by atoms with Crippen LogP contribution in [-0.4, -0.2) is 37.4 Å². The van der Waals surface area contributed by atoms with Crippen LogP contribution in [0.4, 0.5) is 5.69 Å². The maximum atomic E-state index is 10.8. The van der Waals surface area contributed by atoms with E-state index in [1.165, 1.54) is 0 Å². The molecule has 94 valence electrons. The van der Waals surface area contributed by atoms with Gasteiger partial charge in [-0.1, -0.05) is 17.7 Å². The fraction of sp³-hybridized carbons (Fsp3) is 0.417. The molecule has 1 aromatic rings. The van der Waals surface area contributed by atoms with Crippen LogP contribution in [0.15, 0.2) is 24.3 Å². The molecule has 0 radical (unpaired) electrons. The van der Waals surface area contributed by atoms with E-state index >= 15 is 0 Å². The van der Waals surface area contributed by atoms with E-state index in [2.05, 4.69) is 0 Å². The summed E-state index contributed by atoms with van der Waals surface area (Å²) in [7, 11) is 0. The van der Waals surface area contributed by atoms with Crippen molar-refractivity contribution in [1.82, 2.24) is 0 Å². The minimum absolute atomic E-state index is 0.0621. The second kappa shape index (κ2) is 7.14. The van der Waals surface area contributed by atoms with E-state index in [1.54, 1.807) is 23.1 Å². The molecular weight excluding hydrogens is 242 g/mol. The first-order chi connectivity index (χ1) is 8.13. The minimum atomic E-state index is -0.874. The summed E-state index contributed by atoms with van der Waals surface area (Å²) in [6.07, 6.45) is 0. The van der Waals surface area contributed by atoms with Crippen molar-refractivity contribution in [2.75, 3.05) is 31.2 Å². The second-order valence-electron chi connectivity index (χ2n) is 3.49. The number of rotatable bonds is 7. The highest BCUT2D eigenvalue weighted by molar-refractivity contribution is 6.30. The Morgan fingerprint density at radius 3 is 2.88 bits per heavy atom. The zero-order valence-corrected chi connectivity index (χ0v) is 10.5. The maximum Gasteiger partial charge on any atom is 0.323 e. The fourth-order valence-corrected chi connectivity index (χ4v) is 1.64. The Hall–Kier alpha value is -1.26. The van der Waals surface area contributed by atoms with Crippen molar-refractivity contribution in [3.63, 3.8) is 0 Å². The third-order valence-corrected chi connectivity index (χ3v) is 2.44. The molecule has 0 aliphatic heterocycles. The van der Waals surface area contributed by atoms with Gasteiger partial charge in [0.05, 0.1) is 6.61 Å². The highest BCUT2D eigenvalue weighted by atomic mass is 35.5. The zero-order valence-electron chi connectivity index (χ0n) is 9.73. The van der Waals surface area contributed by atoms with Crippen molar-refractivity contribution in [1.29, 1.82) is 0 Å². The summed E-state index contributed by atoms with van der Waals surface area (Å²) in [5.41, 5.74) is 0.791. The van der Waals surface area contributed by atoms with Gasteiger partial charge in [-0.2, -0.15) is 0 Å². The molecule has 5 heteroatoms. The van der Waals surface area contributed by atoms with Crippen LogP contribution in [0.25, 0.3) is 0 Å². The van der Waals surface area contributed by atoms with Gasteiger partial charge in [0.25, 0.3) is 0 Å². The summed E-state index contributed by atoms with van der Waals surface area (Å²) < 4.78 is 5.23. The number of ether oxygens (including phenoxy) is 1. The number of hydrogen-bond acceptors (Lipinski definition) is 3. The lowest BCUT2D eigenvalue weighted by Crippen LogP contribution is -2.32. The van der Waals surface area contributed by atoms with E-state index in [4.69, 9.17) is 21.4 Å². The SMILES string of the molecule is CCOCCN(CC(=O)O)c1cccc(Cl)c1. The topological polar surface area (TPSA) is 49.8 Å². The Bertz CT molecular complexity index is 371. The van der Waals surface area contributed by atoms with Gasteiger partial charge in [-0.25, -0.2) is 0 Å². The number of anilines is 1. The second-order valence-corrected chi connectivity index (χ2v) is 3.93. The molecule has 0 bridgehead atoms. The van der Waals surface area contributed by atoms with Gasteiger partial charge in [0.1, 0.15) is 6.54 Å². The Labute approximate surface area is 106 Å². The van der Waals surface area contributed by atoms with Crippen LogP contribution in [0.5, 0.6) is 0 Å². The molecule has 0 aromatic heterocycles. The van der Waals surface area contributed by atoms with Crippen molar-refractivity contribution in [3.8, 4) is 0 Å². The Morgan fingerprint density at radius 1 is 1.53 bits per heavy atom. The predicted molar refractivity (Wildman–Crippen MR) is 67.8 cm³/mol. The van der Waals surface area contributed by atoms with Crippen LogP contribution in [-0.2, 0) is 9.53 Å². The number of carbonyl (C=O) groups is 1. The monoisotopic (exact) mass is 257 g/mol. The number of carboxylic acid groups (broad SMARTS) is 1. The first kappa shape index (κ1) is 13.8. The quantitative estimate of drug-likeness (QED) is 0.762. The van der Waals surface area contributed by atoms with Crippen molar-refractivity contribution in [2.24, 2.45) is 0 Å². The normalized spacial score (nSPS) is 10.2. The summed E-state index contributed by atoms with van der Waals surface area (Å²) in [4.78, 5) is 12.5. The molecule has 17 heavy (non-hydrogen) atoms. The highest BCUT2D eigenvalue weighted by Gasteiger charge is 2.10. The fourth-order valence-electron chi connectivity index (χ4n) is 1.45. The van der Waals surface area contributed by atoms with Gasteiger partial charge in [-0.3, -0.25) is 4.79 Å². The van der Waals surface area contributed by atoms with Crippen LogP contribution < -0.4 is 4.90 Å². The van der Waals surface area contributed by atoms with Gasteiger partial charge in [0, 0.05) is 23.9 Å². The van der Waals surface area contributed by atoms with E-state index in [9.17, 15) is 4.79 Å². The first-order valence-corrected chi connectivity index (χ1v) is 5.81. The summed E-state index contributed by atoms with van der Waals surface area (Å²) in [6, 6.07) is 7.14. The van der Waals surface area contributed by atoms with Crippen molar-refractivity contribution in [2.45, 2.75) is 6.92 Å². The number of nitrogens with zero attached hydrogens (tertiary/aromatic N) is 1. The van der Waals surface area contributed by atoms with E-state index < -0.39 is 5.97 Å². The van der Waals surface area contributed by atoms with Crippen LogP contribution in [0, 0.1) is 0 Å². The largest absolute Gasteiger partial charge is 0.480 e. The summed E-state index contributed by atoms with van der Waals surface area (Å²) >= 11 is 5.88. The molecule has 0 spiro atoms. The molecule has 0 saturated heterocycles. The molecule has 0 unspecified atom stereocenters. The highest BCUT2D eigenvalue weighted by Crippen LogP contribution is 2.19. The van der Waals surface area contributed by atoms with Gasteiger partial charge in [0.2, 0.25) is 0 Å². The average Bonchev–Trinajstić information content (AvgIpc) is 2.27. The molecule has 0 heterocycles. The summed E-state index contributed by atoms with van der Waals surface area (Å²) in [5.74, 6) is -0.874. The number of hydrogen-bond donors (Lipinski definition) is 1. The van der Waals surface area contributed by atoms with Gasteiger partial charge < -0.3 is 14.7 Å². The molecule has 0 fully saturated rings. The Kier molecular flexibility index (Phi) is 5.80. The predicted octanol–water partition coefficient (Wildman–Crippen LogP) is 2.27. The van der Waals surface area contributed by atoms with Crippen LogP contribution in [0.2, 0.25) is 5.02 Å². The van der Waals surface area contributed by atoms with Crippen LogP contribution in [0.1, 0.15) is 6.92 Å². The van der Waals surface area contributed by atoms with E-state index in [1.807, 2.05) is 13.0 Å². The molecule has 1 aromatic carbocycles. The van der Waals surface area contributed by atoms with E-state index in [0.717, 1.165) is 5.69 Å². The van der Waals surface area contributed by atoms with Gasteiger partial charge in [-0.15, -0.1) is 0 Å². The molecule has 0 saturated carbocycles. The lowest BCUT2D eigenvalue weighted by atomic mass is 10.3.